The average Bonchev–Trinajstić information content (AvgIpc) is 2.46. The van der Waals surface area contributed by atoms with E-state index in [0.717, 1.165) is 22.2 Å². The lowest BCUT2D eigenvalue weighted by atomic mass is 9.98. The van der Waals surface area contributed by atoms with Crippen molar-refractivity contribution in [2.24, 2.45) is 5.84 Å². The van der Waals surface area contributed by atoms with E-state index in [0.29, 0.717) is 5.02 Å². The maximum absolute atomic E-state index is 5.99. The average molecular weight is 356 g/mol. The Labute approximate surface area is 132 Å². The van der Waals surface area contributed by atoms with Crippen LogP contribution in [-0.4, -0.2) is 7.11 Å². The predicted molar refractivity (Wildman–Crippen MR) is 85.9 cm³/mol. The molecular weight excluding hydrogens is 340 g/mol. The fourth-order valence-electron chi connectivity index (χ4n) is 2.12. The van der Waals surface area contributed by atoms with E-state index in [4.69, 9.17) is 22.2 Å². The third kappa shape index (κ3) is 3.52. The highest BCUT2D eigenvalue weighted by molar-refractivity contribution is 9.10. The maximum atomic E-state index is 5.99. The van der Waals surface area contributed by atoms with Crippen LogP contribution in [0, 0.1) is 0 Å². The first-order valence-corrected chi connectivity index (χ1v) is 7.35. The third-order valence-electron chi connectivity index (χ3n) is 3.15. The minimum absolute atomic E-state index is 0.0547. The van der Waals surface area contributed by atoms with Gasteiger partial charge in [0.05, 0.1) is 13.2 Å². The second kappa shape index (κ2) is 7.09. The number of hydrogen-bond donors (Lipinski definition) is 2. The molecule has 0 aliphatic heterocycles. The Balaban J connectivity index is 2.31. The second-order valence-electron chi connectivity index (χ2n) is 4.40. The van der Waals surface area contributed by atoms with Crippen molar-refractivity contribution in [3.05, 3.63) is 63.1 Å². The van der Waals surface area contributed by atoms with Gasteiger partial charge in [-0.3, -0.25) is 11.3 Å². The summed E-state index contributed by atoms with van der Waals surface area (Å²) in [5.74, 6) is 6.44. The molecule has 3 N–H and O–H groups in total. The van der Waals surface area contributed by atoms with Gasteiger partial charge < -0.3 is 4.74 Å². The highest BCUT2D eigenvalue weighted by atomic mass is 79.9. The van der Waals surface area contributed by atoms with Crippen LogP contribution >= 0.6 is 27.5 Å². The molecular formula is C15H16BrClN2O. The molecule has 1 atom stereocenters. The van der Waals surface area contributed by atoms with Crippen molar-refractivity contribution in [2.45, 2.75) is 12.5 Å². The van der Waals surface area contributed by atoms with E-state index in [1.54, 1.807) is 13.2 Å². The summed E-state index contributed by atoms with van der Waals surface area (Å²) in [6.45, 7) is 0. The van der Waals surface area contributed by atoms with Crippen molar-refractivity contribution in [2.75, 3.05) is 7.11 Å². The van der Waals surface area contributed by atoms with Gasteiger partial charge in [-0.05, 0) is 30.2 Å². The van der Waals surface area contributed by atoms with Crippen LogP contribution in [0.5, 0.6) is 5.75 Å². The van der Waals surface area contributed by atoms with Crippen molar-refractivity contribution >= 4 is 27.5 Å². The largest absolute Gasteiger partial charge is 0.496 e. The Morgan fingerprint density at radius 2 is 2.05 bits per heavy atom. The number of hydrogen-bond acceptors (Lipinski definition) is 3. The molecule has 0 fully saturated rings. The van der Waals surface area contributed by atoms with E-state index >= 15 is 0 Å². The summed E-state index contributed by atoms with van der Waals surface area (Å²) in [5, 5.41) is 0.641. The van der Waals surface area contributed by atoms with Crippen molar-refractivity contribution in [3.8, 4) is 5.75 Å². The topological polar surface area (TPSA) is 47.3 Å². The highest BCUT2D eigenvalue weighted by Crippen LogP contribution is 2.31. The summed E-state index contributed by atoms with van der Waals surface area (Å²) in [7, 11) is 1.63. The van der Waals surface area contributed by atoms with E-state index in [9.17, 15) is 0 Å². The standard InChI is InChI=1S/C15H16BrClN2O/c1-20-15-9-11(17)6-7-12(15)14(19-18)8-10-4-2-3-5-13(10)16/h2-7,9,14,19H,8,18H2,1H3. The lowest BCUT2D eigenvalue weighted by Gasteiger charge is -2.20. The van der Waals surface area contributed by atoms with E-state index < -0.39 is 0 Å². The Hall–Kier alpha value is -1.07. The molecule has 0 amide bonds. The number of halogens is 2. The Morgan fingerprint density at radius 1 is 1.30 bits per heavy atom. The molecule has 0 saturated heterocycles. The number of rotatable bonds is 5. The van der Waals surface area contributed by atoms with Crippen LogP contribution in [0.2, 0.25) is 5.02 Å². The molecule has 2 aromatic carbocycles. The zero-order valence-corrected chi connectivity index (χ0v) is 13.4. The smallest absolute Gasteiger partial charge is 0.125 e. The van der Waals surface area contributed by atoms with Gasteiger partial charge in [-0.25, -0.2) is 0 Å². The molecule has 2 aromatic rings. The van der Waals surface area contributed by atoms with Crippen LogP contribution < -0.4 is 16.0 Å². The van der Waals surface area contributed by atoms with E-state index in [1.165, 1.54) is 5.56 Å². The minimum atomic E-state index is -0.0547. The number of hydrazine groups is 1. The number of ether oxygens (including phenoxy) is 1. The van der Waals surface area contributed by atoms with Crippen LogP contribution in [0.25, 0.3) is 0 Å². The zero-order valence-electron chi connectivity index (χ0n) is 11.1. The monoisotopic (exact) mass is 354 g/mol. The van der Waals surface area contributed by atoms with Gasteiger partial charge in [-0.2, -0.15) is 0 Å². The maximum Gasteiger partial charge on any atom is 0.125 e. The van der Waals surface area contributed by atoms with Gasteiger partial charge in [-0.1, -0.05) is 51.8 Å². The first-order chi connectivity index (χ1) is 9.65. The Kier molecular flexibility index (Phi) is 5.43. The first kappa shape index (κ1) is 15.3. The molecule has 0 saturated carbocycles. The number of nitrogens with one attached hydrogen (secondary N) is 1. The summed E-state index contributed by atoms with van der Waals surface area (Å²) in [5.41, 5.74) is 5.00. The Bertz CT molecular complexity index is 592. The van der Waals surface area contributed by atoms with Crippen molar-refractivity contribution < 1.29 is 4.74 Å². The predicted octanol–water partition coefficient (Wildman–Crippen LogP) is 3.86. The van der Waals surface area contributed by atoms with Crippen LogP contribution in [0.4, 0.5) is 0 Å². The molecule has 0 radical (unpaired) electrons. The molecule has 0 aliphatic carbocycles. The van der Waals surface area contributed by atoms with Crippen molar-refractivity contribution in [1.82, 2.24) is 5.43 Å². The number of benzene rings is 2. The quantitative estimate of drug-likeness (QED) is 0.632. The molecule has 0 heterocycles. The minimum Gasteiger partial charge on any atom is -0.496 e. The summed E-state index contributed by atoms with van der Waals surface area (Å²) >= 11 is 9.54. The molecule has 20 heavy (non-hydrogen) atoms. The molecule has 0 aliphatic rings. The van der Waals surface area contributed by atoms with E-state index in [-0.39, 0.29) is 6.04 Å². The second-order valence-corrected chi connectivity index (χ2v) is 5.69. The molecule has 1 unspecified atom stereocenters. The molecule has 5 heteroatoms. The van der Waals surface area contributed by atoms with Crippen molar-refractivity contribution in [1.29, 1.82) is 0 Å². The fourth-order valence-corrected chi connectivity index (χ4v) is 2.72. The first-order valence-electron chi connectivity index (χ1n) is 6.18. The van der Waals surface area contributed by atoms with Crippen LogP contribution in [-0.2, 0) is 6.42 Å². The molecule has 3 nitrogen and oxygen atoms in total. The van der Waals surface area contributed by atoms with Gasteiger partial charge in [0, 0.05) is 15.1 Å². The Morgan fingerprint density at radius 3 is 2.70 bits per heavy atom. The number of nitrogens with two attached hydrogens (primary N) is 1. The van der Waals surface area contributed by atoms with Gasteiger partial charge in [0.2, 0.25) is 0 Å². The van der Waals surface area contributed by atoms with Gasteiger partial charge in [0.1, 0.15) is 5.75 Å². The molecule has 0 bridgehead atoms. The van der Waals surface area contributed by atoms with Crippen LogP contribution in [0.3, 0.4) is 0 Å². The normalized spacial score (nSPS) is 12.2. The van der Waals surface area contributed by atoms with Gasteiger partial charge in [0.15, 0.2) is 0 Å². The van der Waals surface area contributed by atoms with E-state index in [2.05, 4.69) is 27.4 Å². The molecule has 0 spiro atoms. The molecule has 2 rings (SSSR count). The van der Waals surface area contributed by atoms with Gasteiger partial charge >= 0.3 is 0 Å². The van der Waals surface area contributed by atoms with Crippen LogP contribution in [0.15, 0.2) is 46.9 Å². The summed E-state index contributed by atoms with van der Waals surface area (Å²) in [4.78, 5) is 0. The highest BCUT2D eigenvalue weighted by Gasteiger charge is 2.16. The van der Waals surface area contributed by atoms with Crippen molar-refractivity contribution in [3.63, 3.8) is 0 Å². The number of methoxy groups -OCH3 is 1. The third-order valence-corrected chi connectivity index (χ3v) is 4.16. The SMILES string of the molecule is COc1cc(Cl)ccc1C(Cc1ccccc1Br)NN. The van der Waals surface area contributed by atoms with E-state index in [1.807, 2.05) is 30.3 Å². The summed E-state index contributed by atoms with van der Waals surface area (Å²) < 4.78 is 6.45. The molecule has 0 aromatic heterocycles. The zero-order chi connectivity index (χ0) is 14.5. The lowest BCUT2D eigenvalue weighted by Crippen LogP contribution is -2.30. The lowest BCUT2D eigenvalue weighted by molar-refractivity contribution is 0.399. The van der Waals surface area contributed by atoms with Gasteiger partial charge in [-0.15, -0.1) is 0 Å². The van der Waals surface area contributed by atoms with Crippen LogP contribution in [0.1, 0.15) is 17.2 Å². The summed E-state index contributed by atoms with van der Waals surface area (Å²) in [6, 6.07) is 13.6. The fraction of sp³-hybridized carbons (Fsp3) is 0.200. The molecule has 106 valence electrons. The van der Waals surface area contributed by atoms with Gasteiger partial charge in [0.25, 0.3) is 0 Å². The summed E-state index contributed by atoms with van der Waals surface area (Å²) in [6.07, 6.45) is 0.746.